The summed E-state index contributed by atoms with van der Waals surface area (Å²) in [5, 5.41) is 2.43. The summed E-state index contributed by atoms with van der Waals surface area (Å²) in [5.74, 6) is 0.926. The van der Waals surface area contributed by atoms with E-state index < -0.39 is 0 Å². The Balaban J connectivity index is 2.06. The third-order valence-corrected chi connectivity index (χ3v) is 3.32. The Bertz CT molecular complexity index is 701. The van der Waals surface area contributed by atoms with Crippen molar-refractivity contribution < 1.29 is 4.74 Å². The minimum Gasteiger partial charge on any atom is -0.496 e. The standard InChI is InChI=1S/C17H15NO/c1-19-17-9-5-3-6-13(17)10-15-12-18-11-14-7-2-4-8-16(14)15/h2-9,11-12H,10H2,1H3. The molecular formula is C17H15NO. The number of para-hydroxylation sites is 1. The highest BCUT2D eigenvalue weighted by molar-refractivity contribution is 5.84. The van der Waals surface area contributed by atoms with Crippen LogP contribution in [0, 0.1) is 0 Å². The topological polar surface area (TPSA) is 22.1 Å². The number of pyridine rings is 1. The summed E-state index contributed by atoms with van der Waals surface area (Å²) in [5.41, 5.74) is 2.41. The number of aromatic nitrogens is 1. The molecule has 3 aromatic rings. The average molecular weight is 249 g/mol. The fraction of sp³-hybridized carbons (Fsp3) is 0.118. The van der Waals surface area contributed by atoms with Crippen LogP contribution in [-0.2, 0) is 6.42 Å². The van der Waals surface area contributed by atoms with Crippen LogP contribution in [0.25, 0.3) is 10.8 Å². The zero-order chi connectivity index (χ0) is 13.1. The highest BCUT2D eigenvalue weighted by Gasteiger charge is 2.06. The molecule has 94 valence electrons. The van der Waals surface area contributed by atoms with Gasteiger partial charge in [0.1, 0.15) is 5.75 Å². The van der Waals surface area contributed by atoms with E-state index in [1.54, 1.807) is 7.11 Å². The molecule has 1 heterocycles. The molecule has 0 aliphatic rings. The van der Waals surface area contributed by atoms with Crippen molar-refractivity contribution in [1.29, 1.82) is 0 Å². The first-order valence-corrected chi connectivity index (χ1v) is 6.32. The van der Waals surface area contributed by atoms with Crippen LogP contribution >= 0.6 is 0 Å². The Morgan fingerprint density at radius 2 is 1.68 bits per heavy atom. The van der Waals surface area contributed by atoms with E-state index in [0.29, 0.717) is 0 Å². The lowest BCUT2D eigenvalue weighted by Crippen LogP contribution is -1.95. The molecule has 0 saturated carbocycles. The predicted molar refractivity (Wildman–Crippen MR) is 77.5 cm³/mol. The van der Waals surface area contributed by atoms with E-state index >= 15 is 0 Å². The van der Waals surface area contributed by atoms with Crippen molar-refractivity contribution in [3.63, 3.8) is 0 Å². The van der Waals surface area contributed by atoms with Crippen molar-refractivity contribution in [3.05, 3.63) is 72.1 Å². The molecule has 0 bridgehead atoms. The van der Waals surface area contributed by atoms with Gasteiger partial charge in [0.05, 0.1) is 7.11 Å². The van der Waals surface area contributed by atoms with Crippen LogP contribution in [0.15, 0.2) is 60.9 Å². The van der Waals surface area contributed by atoms with Gasteiger partial charge in [0, 0.05) is 24.2 Å². The quantitative estimate of drug-likeness (QED) is 0.703. The molecule has 2 heteroatoms. The average Bonchev–Trinajstić information content (AvgIpc) is 2.48. The number of hydrogen-bond donors (Lipinski definition) is 0. The van der Waals surface area contributed by atoms with Crippen molar-refractivity contribution >= 4 is 10.8 Å². The lowest BCUT2D eigenvalue weighted by molar-refractivity contribution is 0.410. The van der Waals surface area contributed by atoms with E-state index in [9.17, 15) is 0 Å². The molecule has 0 unspecified atom stereocenters. The largest absolute Gasteiger partial charge is 0.496 e. The first-order chi connectivity index (χ1) is 9.38. The van der Waals surface area contributed by atoms with Crippen LogP contribution in [0.4, 0.5) is 0 Å². The Labute approximate surface area is 112 Å². The first kappa shape index (κ1) is 11.7. The van der Waals surface area contributed by atoms with Gasteiger partial charge >= 0.3 is 0 Å². The van der Waals surface area contributed by atoms with Crippen LogP contribution in [-0.4, -0.2) is 12.1 Å². The van der Waals surface area contributed by atoms with Crippen LogP contribution < -0.4 is 4.74 Å². The molecule has 0 atom stereocenters. The highest BCUT2D eigenvalue weighted by atomic mass is 16.5. The lowest BCUT2D eigenvalue weighted by Gasteiger charge is -2.09. The molecule has 19 heavy (non-hydrogen) atoms. The van der Waals surface area contributed by atoms with Gasteiger partial charge in [-0.3, -0.25) is 4.98 Å². The van der Waals surface area contributed by atoms with Crippen molar-refractivity contribution in [1.82, 2.24) is 4.98 Å². The Hall–Kier alpha value is -2.35. The molecule has 0 fully saturated rings. The fourth-order valence-electron chi connectivity index (χ4n) is 2.37. The maximum Gasteiger partial charge on any atom is 0.122 e. The van der Waals surface area contributed by atoms with Gasteiger partial charge in [0.2, 0.25) is 0 Å². The molecule has 0 N–H and O–H groups in total. The monoisotopic (exact) mass is 249 g/mol. The van der Waals surface area contributed by atoms with Crippen molar-refractivity contribution in [2.24, 2.45) is 0 Å². The number of fused-ring (bicyclic) bond motifs is 1. The summed E-state index contributed by atoms with van der Waals surface area (Å²) in [6, 6.07) is 16.5. The number of ether oxygens (including phenoxy) is 1. The van der Waals surface area contributed by atoms with E-state index in [0.717, 1.165) is 12.2 Å². The van der Waals surface area contributed by atoms with E-state index in [4.69, 9.17) is 4.74 Å². The second kappa shape index (κ2) is 5.11. The maximum atomic E-state index is 5.41. The number of nitrogens with zero attached hydrogens (tertiary/aromatic N) is 1. The molecule has 0 aliphatic carbocycles. The highest BCUT2D eigenvalue weighted by Crippen LogP contribution is 2.24. The van der Waals surface area contributed by atoms with Gasteiger partial charge in [-0.15, -0.1) is 0 Å². The zero-order valence-corrected chi connectivity index (χ0v) is 10.8. The van der Waals surface area contributed by atoms with Gasteiger partial charge in [-0.1, -0.05) is 42.5 Å². The lowest BCUT2D eigenvalue weighted by atomic mass is 10.0. The minimum atomic E-state index is 0.832. The van der Waals surface area contributed by atoms with Crippen LogP contribution in [0.3, 0.4) is 0 Å². The minimum absolute atomic E-state index is 0.832. The molecule has 0 radical (unpaired) electrons. The fourth-order valence-corrected chi connectivity index (χ4v) is 2.37. The van der Waals surface area contributed by atoms with Gasteiger partial charge in [0.15, 0.2) is 0 Å². The first-order valence-electron chi connectivity index (χ1n) is 6.32. The van der Waals surface area contributed by atoms with Gasteiger partial charge in [-0.2, -0.15) is 0 Å². The van der Waals surface area contributed by atoms with Crippen molar-refractivity contribution in [2.45, 2.75) is 6.42 Å². The van der Waals surface area contributed by atoms with Gasteiger partial charge in [0.25, 0.3) is 0 Å². The summed E-state index contributed by atoms with van der Waals surface area (Å²) in [7, 11) is 1.71. The van der Waals surface area contributed by atoms with Gasteiger partial charge in [-0.05, 0) is 22.6 Å². The third kappa shape index (κ3) is 2.29. The molecular weight excluding hydrogens is 234 g/mol. The molecule has 0 aliphatic heterocycles. The molecule has 0 saturated heterocycles. The summed E-state index contributed by atoms with van der Waals surface area (Å²) >= 11 is 0. The molecule has 1 aromatic heterocycles. The van der Waals surface area contributed by atoms with E-state index in [1.807, 2.05) is 36.7 Å². The van der Waals surface area contributed by atoms with Crippen molar-refractivity contribution in [2.75, 3.05) is 7.11 Å². The second-order valence-electron chi connectivity index (χ2n) is 4.51. The van der Waals surface area contributed by atoms with E-state index in [1.165, 1.54) is 21.9 Å². The number of hydrogen-bond acceptors (Lipinski definition) is 2. The number of benzene rings is 2. The number of rotatable bonds is 3. The Kier molecular flexibility index (Phi) is 3.15. The Morgan fingerprint density at radius 1 is 0.895 bits per heavy atom. The molecule has 2 nitrogen and oxygen atoms in total. The zero-order valence-electron chi connectivity index (χ0n) is 10.8. The molecule has 0 amide bonds. The van der Waals surface area contributed by atoms with Gasteiger partial charge < -0.3 is 4.74 Å². The van der Waals surface area contributed by atoms with Crippen molar-refractivity contribution in [3.8, 4) is 5.75 Å². The van der Waals surface area contributed by atoms with Crippen LogP contribution in [0.2, 0.25) is 0 Å². The summed E-state index contributed by atoms with van der Waals surface area (Å²) in [6.45, 7) is 0. The summed E-state index contributed by atoms with van der Waals surface area (Å²) in [6.07, 6.45) is 4.67. The third-order valence-electron chi connectivity index (χ3n) is 3.32. The summed E-state index contributed by atoms with van der Waals surface area (Å²) < 4.78 is 5.41. The molecule has 2 aromatic carbocycles. The maximum absolute atomic E-state index is 5.41. The normalized spacial score (nSPS) is 10.6. The van der Waals surface area contributed by atoms with E-state index in [2.05, 4.69) is 29.2 Å². The van der Waals surface area contributed by atoms with Crippen LogP contribution in [0.1, 0.15) is 11.1 Å². The second-order valence-corrected chi connectivity index (χ2v) is 4.51. The Morgan fingerprint density at radius 3 is 2.58 bits per heavy atom. The molecule has 3 rings (SSSR count). The smallest absolute Gasteiger partial charge is 0.122 e. The molecule has 0 spiro atoms. The number of methoxy groups -OCH3 is 1. The van der Waals surface area contributed by atoms with Crippen LogP contribution in [0.5, 0.6) is 5.75 Å². The predicted octanol–water partition coefficient (Wildman–Crippen LogP) is 3.83. The van der Waals surface area contributed by atoms with Gasteiger partial charge in [-0.25, -0.2) is 0 Å². The summed E-state index contributed by atoms with van der Waals surface area (Å²) in [4.78, 5) is 4.32. The SMILES string of the molecule is COc1ccccc1Cc1cncc2ccccc12. The van der Waals surface area contributed by atoms with E-state index in [-0.39, 0.29) is 0 Å².